The standard InChI is InChI=1S/C25H29N3O2S/c1-3-4-6-20(24(29)27-2)15-17-8-10-18(11-9-17)25(30)28-22-16-19(12-13-21(22)26)23-7-5-14-31-23/h3,5,7-14,16,20,25,28,30H,1,4,6,15,26H2,2H3,(H,27,29)/t20-,25?/m0/s1. The number of benzene rings is 2. The van der Waals surface area contributed by atoms with Crippen molar-refractivity contribution in [1.82, 2.24) is 5.32 Å². The summed E-state index contributed by atoms with van der Waals surface area (Å²) in [6.45, 7) is 3.74. The molecule has 0 fully saturated rings. The molecule has 0 aliphatic rings. The molecule has 0 aliphatic carbocycles. The highest BCUT2D eigenvalue weighted by Crippen LogP contribution is 2.31. The fourth-order valence-corrected chi connectivity index (χ4v) is 4.20. The van der Waals surface area contributed by atoms with Crippen molar-refractivity contribution in [2.24, 2.45) is 5.92 Å². The molecule has 1 heterocycles. The Labute approximate surface area is 187 Å². The van der Waals surface area contributed by atoms with Gasteiger partial charge >= 0.3 is 0 Å². The predicted octanol–water partition coefficient (Wildman–Crippen LogP) is 4.97. The van der Waals surface area contributed by atoms with Crippen molar-refractivity contribution in [1.29, 1.82) is 0 Å². The normalized spacial score (nSPS) is 12.7. The maximum atomic E-state index is 12.1. The van der Waals surface area contributed by atoms with E-state index in [1.807, 2.05) is 60.0 Å². The summed E-state index contributed by atoms with van der Waals surface area (Å²) in [5, 5.41) is 18.6. The Morgan fingerprint density at radius 3 is 2.65 bits per heavy atom. The van der Waals surface area contributed by atoms with Gasteiger partial charge in [-0.2, -0.15) is 0 Å². The first-order valence-corrected chi connectivity index (χ1v) is 11.2. The van der Waals surface area contributed by atoms with Crippen LogP contribution in [0, 0.1) is 5.92 Å². The van der Waals surface area contributed by atoms with Crippen molar-refractivity contribution in [2.45, 2.75) is 25.5 Å². The molecule has 1 unspecified atom stereocenters. The molecule has 1 amide bonds. The molecule has 0 radical (unpaired) electrons. The number of carbonyl (C=O) groups excluding carboxylic acids is 1. The van der Waals surface area contributed by atoms with Crippen LogP contribution in [0.5, 0.6) is 0 Å². The molecule has 6 heteroatoms. The molecule has 5 nitrogen and oxygen atoms in total. The van der Waals surface area contributed by atoms with Gasteiger partial charge < -0.3 is 21.5 Å². The van der Waals surface area contributed by atoms with Gasteiger partial charge in [0.15, 0.2) is 6.23 Å². The Morgan fingerprint density at radius 2 is 2.00 bits per heavy atom. The third kappa shape index (κ3) is 5.96. The molecular formula is C25H29N3O2S. The summed E-state index contributed by atoms with van der Waals surface area (Å²) in [5.74, 6) is -0.0644. The topological polar surface area (TPSA) is 87.4 Å². The van der Waals surface area contributed by atoms with Crippen molar-refractivity contribution < 1.29 is 9.90 Å². The molecule has 2 aromatic carbocycles. The van der Waals surface area contributed by atoms with Gasteiger partial charge in [0.2, 0.25) is 5.91 Å². The maximum Gasteiger partial charge on any atom is 0.223 e. The molecule has 0 bridgehead atoms. The van der Waals surface area contributed by atoms with Gasteiger partial charge in [0.25, 0.3) is 0 Å². The molecule has 162 valence electrons. The SMILES string of the molecule is C=CCC[C@@H](Cc1ccc(C(O)Nc2cc(-c3cccs3)ccc2N)cc1)C(=O)NC. The quantitative estimate of drug-likeness (QED) is 0.206. The minimum Gasteiger partial charge on any atom is -0.397 e. The number of hydrogen-bond donors (Lipinski definition) is 4. The summed E-state index contributed by atoms with van der Waals surface area (Å²) in [4.78, 5) is 13.3. The van der Waals surface area contributed by atoms with Gasteiger partial charge in [-0.25, -0.2) is 0 Å². The molecular weight excluding hydrogens is 406 g/mol. The number of nitrogens with one attached hydrogen (secondary N) is 2. The van der Waals surface area contributed by atoms with Gasteiger partial charge in [-0.3, -0.25) is 4.79 Å². The van der Waals surface area contributed by atoms with Gasteiger partial charge in [0, 0.05) is 23.4 Å². The van der Waals surface area contributed by atoms with Gasteiger partial charge in [-0.1, -0.05) is 42.5 Å². The average Bonchev–Trinajstić information content (AvgIpc) is 3.33. The predicted molar refractivity (Wildman–Crippen MR) is 130 cm³/mol. The second-order valence-electron chi connectivity index (χ2n) is 7.45. The highest BCUT2D eigenvalue weighted by molar-refractivity contribution is 7.13. The fourth-order valence-electron chi connectivity index (χ4n) is 3.48. The van der Waals surface area contributed by atoms with Crippen LogP contribution in [0.4, 0.5) is 11.4 Å². The number of carbonyl (C=O) groups is 1. The number of anilines is 2. The van der Waals surface area contributed by atoms with Crippen molar-refractivity contribution in [2.75, 3.05) is 18.1 Å². The van der Waals surface area contributed by atoms with E-state index in [0.29, 0.717) is 17.8 Å². The molecule has 0 spiro atoms. The van der Waals surface area contributed by atoms with Crippen molar-refractivity contribution in [3.63, 3.8) is 0 Å². The number of amides is 1. The highest BCUT2D eigenvalue weighted by atomic mass is 32.1. The molecule has 2 atom stereocenters. The van der Waals surface area contributed by atoms with Crippen LogP contribution >= 0.6 is 11.3 Å². The molecule has 3 aromatic rings. The van der Waals surface area contributed by atoms with E-state index in [1.54, 1.807) is 18.4 Å². The third-order valence-corrected chi connectivity index (χ3v) is 6.18. The van der Waals surface area contributed by atoms with E-state index in [-0.39, 0.29) is 11.8 Å². The smallest absolute Gasteiger partial charge is 0.223 e. The summed E-state index contributed by atoms with van der Waals surface area (Å²) in [5.41, 5.74) is 10.2. The first kappa shape index (κ1) is 22.6. The molecule has 1 aromatic heterocycles. The molecule has 3 rings (SSSR count). The summed E-state index contributed by atoms with van der Waals surface area (Å²) in [6, 6.07) is 17.5. The summed E-state index contributed by atoms with van der Waals surface area (Å²) in [7, 11) is 1.66. The third-order valence-electron chi connectivity index (χ3n) is 5.27. The monoisotopic (exact) mass is 435 g/mol. The van der Waals surface area contributed by atoms with Crippen LogP contribution in [-0.4, -0.2) is 18.1 Å². The zero-order valence-corrected chi connectivity index (χ0v) is 18.5. The van der Waals surface area contributed by atoms with Crippen LogP contribution in [0.2, 0.25) is 0 Å². The number of allylic oxidation sites excluding steroid dienone is 1. The lowest BCUT2D eigenvalue weighted by molar-refractivity contribution is -0.124. The van der Waals surface area contributed by atoms with Crippen LogP contribution < -0.4 is 16.4 Å². The van der Waals surface area contributed by atoms with Crippen LogP contribution in [0.1, 0.15) is 30.2 Å². The fraction of sp³-hybridized carbons (Fsp3) is 0.240. The van der Waals surface area contributed by atoms with Crippen molar-refractivity contribution >= 4 is 28.6 Å². The van der Waals surface area contributed by atoms with Crippen LogP contribution in [0.15, 0.2) is 72.6 Å². The maximum absolute atomic E-state index is 12.1. The van der Waals surface area contributed by atoms with Crippen LogP contribution in [0.3, 0.4) is 0 Å². The van der Waals surface area contributed by atoms with Crippen LogP contribution in [0.25, 0.3) is 10.4 Å². The van der Waals surface area contributed by atoms with E-state index in [9.17, 15) is 9.90 Å². The zero-order valence-electron chi connectivity index (χ0n) is 17.7. The molecule has 31 heavy (non-hydrogen) atoms. The second kappa shape index (κ2) is 10.8. The molecule has 5 N–H and O–H groups in total. The Kier molecular flexibility index (Phi) is 7.87. The lowest BCUT2D eigenvalue weighted by atomic mass is 9.93. The van der Waals surface area contributed by atoms with E-state index < -0.39 is 6.23 Å². The highest BCUT2D eigenvalue weighted by Gasteiger charge is 2.17. The summed E-state index contributed by atoms with van der Waals surface area (Å²) < 4.78 is 0. The minimum atomic E-state index is -0.898. The van der Waals surface area contributed by atoms with Gasteiger partial charge in [-0.15, -0.1) is 17.9 Å². The van der Waals surface area contributed by atoms with Gasteiger partial charge in [0.05, 0.1) is 11.4 Å². The number of rotatable bonds is 10. The molecule has 0 saturated heterocycles. The number of thiophene rings is 1. The average molecular weight is 436 g/mol. The number of hydrogen-bond acceptors (Lipinski definition) is 5. The van der Waals surface area contributed by atoms with Crippen LogP contribution in [-0.2, 0) is 11.2 Å². The Hall–Kier alpha value is -3.09. The summed E-state index contributed by atoms with van der Waals surface area (Å²) >= 11 is 1.66. The number of aliphatic hydroxyl groups is 1. The Morgan fingerprint density at radius 1 is 1.23 bits per heavy atom. The first-order valence-electron chi connectivity index (χ1n) is 10.3. The van der Waals surface area contributed by atoms with E-state index in [0.717, 1.165) is 34.4 Å². The van der Waals surface area contributed by atoms with E-state index in [2.05, 4.69) is 23.3 Å². The molecule has 0 saturated carbocycles. The summed E-state index contributed by atoms with van der Waals surface area (Å²) in [6.07, 6.45) is 3.14. The molecule has 0 aliphatic heterocycles. The minimum absolute atomic E-state index is 0.0359. The lowest BCUT2D eigenvalue weighted by Gasteiger charge is -2.18. The first-order chi connectivity index (χ1) is 15.0. The number of aliphatic hydroxyl groups excluding tert-OH is 1. The Bertz CT molecular complexity index is 1000. The second-order valence-corrected chi connectivity index (χ2v) is 8.40. The van der Waals surface area contributed by atoms with Crippen molar-refractivity contribution in [3.05, 3.63) is 83.8 Å². The number of nitrogens with two attached hydrogens (primary N) is 1. The van der Waals surface area contributed by atoms with E-state index >= 15 is 0 Å². The van der Waals surface area contributed by atoms with Gasteiger partial charge in [-0.05, 0) is 54.0 Å². The number of nitrogen functional groups attached to an aromatic ring is 1. The zero-order chi connectivity index (χ0) is 22.2. The van der Waals surface area contributed by atoms with Crippen molar-refractivity contribution in [3.8, 4) is 10.4 Å². The van der Waals surface area contributed by atoms with E-state index in [4.69, 9.17) is 5.73 Å². The Balaban J connectivity index is 1.69. The van der Waals surface area contributed by atoms with Gasteiger partial charge in [0.1, 0.15) is 0 Å². The largest absolute Gasteiger partial charge is 0.397 e. The van der Waals surface area contributed by atoms with E-state index in [1.165, 1.54) is 0 Å². The lowest BCUT2D eigenvalue weighted by Crippen LogP contribution is -2.28.